The van der Waals surface area contributed by atoms with Gasteiger partial charge in [0.05, 0.1) is 5.56 Å². The van der Waals surface area contributed by atoms with Crippen molar-refractivity contribution in [2.24, 2.45) is 0 Å². The molecule has 3 aromatic rings. The summed E-state index contributed by atoms with van der Waals surface area (Å²) in [6.07, 6.45) is 2.18. The second-order valence-electron chi connectivity index (χ2n) is 8.41. The second kappa shape index (κ2) is 8.90. The highest BCUT2D eigenvalue weighted by Gasteiger charge is 2.28. The number of benzene rings is 3. The van der Waals surface area contributed by atoms with Gasteiger partial charge in [-0.05, 0) is 60.4 Å². The van der Waals surface area contributed by atoms with Crippen LogP contribution in [0.2, 0.25) is 0 Å². The van der Waals surface area contributed by atoms with E-state index in [-0.39, 0.29) is 23.9 Å². The van der Waals surface area contributed by atoms with E-state index in [1.165, 1.54) is 0 Å². The molecule has 0 aliphatic carbocycles. The zero-order valence-corrected chi connectivity index (χ0v) is 18.1. The molecule has 6 heteroatoms. The molecule has 2 amide bonds. The summed E-state index contributed by atoms with van der Waals surface area (Å²) in [7, 11) is 0. The number of esters is 1. The third-order valence-electron chi connectivity index (χ3n) is 6.17. The van der Waals surface area contributed by atoms with Crippen molar-refractivity contribution in [2.75, 3.05) is 18.4 Å². The summed E-state index contributed by atoms with van der Waals surface area (Å²) in [5.74, 6) is -0.688. The minimum atomic E-state index is -0.384. The number of nitrogens with one attached hydrogen (secondary N) is 1. The molecule has 6 nitrogen and oxygen atoms in total. The van der Waals surface area contributed by atoms with Gasteiger partial charge in [-0.3, -0.25) is 9.59 Å². The van der Waals surface area contributed by atoms with Gasteiger partial charge < -0.3 is 15.0 Å². The summed E-state index contributed by atoms with van der Waals surface area (Å²) >= 11 is 0. The average Bonchev–Trinajstić information content (AvgIpc) is 3.39. The summed E-state index contributed by atoms with van der Waals surface area (Å²) in [4.78, 5) is 39.9. The number of fused-ring (bicyclic) bond motifs is 1. The van der Waals surface area contributed by atoms with Crippen LogP contribution in [0.25, 0.3) is 0 Å². The zero-order valence-electron chi connectivity index (χ0n) is 18.1. The van der Waals surface area contributed by atoms with Crippen LogP contribution in [0.5, 0.6) is 0 Å². The molecule has 1 atom stereocenters. The Kier molecular flexibility index (Phi) is 5.65. The fraction of sp³-hybridized carbons (Fsp3) is 0.222. The van der Waals surface area contributed by atoms with Gasteiger partial charge in [0.2, 0.25) is 0 Å². The molecule has 1 saturated heterocycles. The molecular formula is C27H24N2O4. The van der Waals surface area contributed by atoms with Crippen LogP contribution in [0.3, 0.4) is 0 Å². The van der Waals surface area contributed by atoms with Gasteiger partial charge in [0.25, 0.3) is 11.8 Å². The molecule has 1 unspecified atom stereocenters. The highest BCUT2D eigenvalue weighted by molar-refractivity contribution is 6.06. The number of hydrogen-bond donors (Lipinski definition) is 1. The molecular weight excluding hydrogens is 416 g/mol. The molecule has 5 rings (SSSR count). The largest absolute Gasteiger partial charge is 0.454 e. The van der Waals surface area contributed by atoms with Gasteiger partial charge in [-0.15, -0.1) is 0 Å². The van der Waals surface area contributed by atoms with Crippen LogP contribution in [-0.2, 0) is 11.2 Å². The van der Waals surface area contributed by atoms with Crippen molar-refractivity contribution in [3.05, 3.63) is 101 Å². The van der Waals surface area contributed by atoms with Gasteiger partial charge in [0, 0.05) is 36.3 Å². The van der Waals surface area contributed by atoms with Crippen LogP contribution >= 0.6 is 0 Å². The molecule has 2 aliphatic heterocycles. The summed E-state index contributed by atoms with van der Waals surface area (Å²) in [5.41, 5.74) is 3.76. The van der Waals surface area contributed by atoms with Crippen molar-refractivity contribution in [1.82, 2.24) is 4.90 Å². The molecule has 1 N–H and O–H groups in total. The Morgan fingerprint density at radius 3 is 2.45 bits per heavy atom. The van der Waals surface area contributed by atoms with Crippen LogP contribution in [0.4, 0.5) is 5.69 Å². The maximum Gasteiger partial charge on any atom is 0.339 e. The maximum absolute atomic E-state index is 12.9. The van der Waals surface area contributed by atoms with Gasteiger partial charge >= 0.3 is 5.97 Å². The Bertz CT molecular complexity index is 1220. The van der Waals surface area contributed by atoms with E-state index in [0.29, 0.717) is 28.8 Å². The van der Waals surface area contributed by atoms with E-state index in [0.717, 1.165) is 37.1 Å². The Hall–Kier alpha value is -3.93. The number of ether oxygens (including phenoxy) is 1. The number of nitrogens with zero attached hydrogens (tertiary/aromatic N) is 1. The van der Waals surface area contributed by atoms with Crippen molar-refractivity contribution >= 4 is 23.5 Å². The maximum atomic E-state index is 12.9. The third kappa shape index (κ3) is 4.37. The highest BCUT2D eigenvalue weighted by Crippen LogP contribution is 2.31. The van der Waals surface area contributed by atoms with E-state index in [9.17, 15) is 14.4 Å². The molecule has 2 aliphatic rings. The Morgan fingerprint density at radius 1 is 0.879 bits per heavy atom. The standard InChI is InChI=1S/C27H24N2O4/c30-25(28-22-10-6-9-20(16-22)26(31)29-13-4-5-14-29)19-11-12-23-21(15-19)17-24(33-27(23)32)18-7-2-1-3-8-18/h1-3,6-12,15-16,24H,4-5,13-14,17H2,(H,28,30). The molecule has 1 fully saturated rings. The number of carbonyl (C=O) groups excluding carboxylic acids is 3. The van der Waals surface area contributed by atoms with Crippen LogP contribution in [0.15, 0.2) is 72.8 Å². The van der Waals surface area contributed by atoms with E-state index in [1.54, 1.807) is 42.5 Å². The number of amides is 2. The topological polar surface area (TPSA) is 75.7 Å². The second-order valence-corrected chi connectivity index (χ2v) is 8.41. The molecule has 33 heavy (non-hydrogen) atoms. The predicted octanol–water partition coefficient (Wildman–Crippen LogP) is 4.63. The van der Waals surface area contributed by atoms with Crippen molar-refractivity contribution < 1.29 is 19.1 Å². The monoisotopic (exact) mass is 440 g/mol. The van der Waals surface area contributed by atoms with E-state index in [1.807, 2.05) is 35.2 Å². The van der Waals surface area contributed by atoms with Crippen LogP contribution in [0, 0.1) is 0 Å². The highest BCUT2D eigenvalue weighted by atomic mass is 16.5. The number of carbonyl (C=O) groups is 3. The lowest BCUT2D eigenvalue weighted by Gasteiger charge is -2.25. The number of hydrogen-bond acceptors (Lipinski definition) is 4. The molecule has 0 aromatic heterocycles. The van der Waals surface area contributed by atoms with Crippen molar-refractivity contribution in [3.8, 4) is 0 Å². The van der Waals surface area contributed by atoms with Crippen molar-refractivity contribution in [1.29, 1.82) is 0 Å². The SMILES string of the molecule is O=C(Nc1cccc(C(=O)N2CCCC2)c1)c1ccc2c(c1)CC(c1ccccc1)OC2=O. The number of anilines is 1. The van der Waals surface area contributed by atoms with E-state index in [4.69, 9.17) is 4.74 Å². The summed E-state index contributed by atoms with van der Waals surface area (Å²) in [6, 6.07) is 21.6. The lowest BCUT2D eigenvalue weighted by molar-refractivity contribution is 0.0252. The normalized spacial score (nSPS) is 17.3. The van der Waals surface area contributed by atoms with Gasteiger partial charge in [0.15, 0.2) is 0 Å². The van der Waals surface area contributed by atoms with Crippen LogP contribution in [-0.4, -0.2) is 35.8 Å². The average molecular weight is 440 g/mol. The molecule has 3 aromatic carbocycles. The molecule has 0 bridgehead atoms. The first kappa shape index (κ1) is 20.9. The Labute approximate surface area is 192 Å². The third-order valence-corrected chi connectivity index (χ3v) is 6.17. The van der Waals surface area contributed by atoms with E-state index in [2.05, 4.69) is 5.32 Å². The quantitative estimate of drug-likeness (QED) is 0.600. The summed E-state index contributed by atoms with van der Waals surface area (Å²) < 4.78 is 5.60. The Balaban J connectivity index is 1.34. The smallest absolute Gasteiger partial charge is 0.339 e. The minimum Gasteiger partial charge on any atom is -0.454 e. The van der Waals surface area contributed by atoms with Crippen LogP contribution < -0.4 is 5.32 Å². The molecule has 0 radical (unpaired) electrons. The fourth-order valence-corrected chi connectivity index (χ4v) is 4.43. The summed E-state index contributed by atoms with van der Waals surface area (Å²) in [5, 5.41) is 2.88. The van der Waals surface area contributed by atoms with Gasteiger partial charge in [-0.2, -0.15) is 0 Å². The molecule has 2 heterocycles. The lowest BCUT2D eigenvalue weighted by Crippen LogP contribution is -2.27. The van der Waals surface area contributed by atoms with Gasteiger partial charge in [-0.1, -0.05) is 36.4 Å². The zero-order chi connectivity index (χ0) is 22.8. The minimum absolute atomic E-state index is 0.0113. The lowest BCUT2D eigenvalue weighted by atomic mass is 9.93. The van der Waals surface area contributed by atoms with Crippen molar-refractivity contribution in [3.63, 3.8) is 0 Å². The fourth-order valence-electron chi connectivity index (χ4n) is 4.43. The predicted molar refractivity (Wildman–Crippen MR) is 124 cm³/mol. The number of rotatable bonds is 4. The first-order chi connectivity index (χ1) is 16.1. The van der Waals surface area contributed by atoms with E-state index < -0.39 is 0 Å². The molecule has 0 saturated carbocycles. The van der Waals surface area contributed by atoms with Crippen molar-refractivity contribution in [2.45, 2.75) is 25.4 Å². The number of likely N-dealkylation sites (tertiary alicyclic amines) is 1. The Morgan fingerprint density at radius 2 is 1.67 bits per heavy atom. The summed E-state index contributed by atoms with van der Waals surface area (Å²) in [6.45, 7) is 1.55. The molecule has 0 spiro atoms. The van der Waals surface area contributed by atoms with Gasteiger partial charge in [0.1, 0.15) is 6.10 Å². The molecule has 166 valence electrons. The first-order valence-electron chi connectivity index (χ1n) is 11.2. The number of cyclic esters (lactones) is 1. The van der Waals surface area contributed by atoms with E-state index >= 15 is 0 Å². The van der Waals surface area contributed by atoms with Crippen LogP contribution in [0.1, 0.15) is 61.1 Å². The first-order valence-corrected chi connectivity index (χ1v) is 11.2. The van der Waals surface area contributed by atoms with Gasteiger partial charge in [-0.25, -0.2) is 4.79 Å².